The zero-order valence-electron chi connectivity index (χ0n) is 59.1. The second kappa shape index (κ2) is 43.3. The summed E-state index contributed by atoms with van der Waals surface area (Å²) in [6.45, 7) is 0.969. The Morgan fingerprint density at radius 2 is 0.757 bits per heavy atom. The average Bonchev–Trinajstić information content (AvgIpc) is 0.862. The summed E-state index contributed by atoms with van der Waals surface area (Å²) in [5.74, 6) is -21.2. The normalized spacial score (nSPS) is 12.6. The van der Waals surface area contributed by atoms with Gasteiger partial charge in [-0.05, 0) is 169 Å². The Bertz CT molecular complexity index is 3620. The van der Waals surface area contributed by atoms with Crippen LogP contribution in [0.25, 0.3) is 0 Å². The van der Waals surface area contributed by atoms with Crippen molar-refractivity contribution in [3.05, 3.63) is 179 Å². The number of hydrogen-bond acceptors (Lipinski definition) is 18. The number of alkyl halides is 7. The molecule has 28 heteroatoms. The molecule has 6 aromatic rings. The van der Waals surface area contributed by atoms with E-state index < -0.39 is 90.9 Å². The lowest BCUT2D eigenvalue weighted by Crippen LogP contribution is -2.45. The van der Waals surface area contributed by atoms with Crippen molar-refractivity contribution in [3.63, 3.8) is 0 Å². The number of aryl methyl sites for hydroxylation is 6. The Morgan fingerprint density at radius 3 is 1.08 bits per heavy atom. The minimum absolute atomic E-state index is 0.0472. The fourth-order valence-corrected chi connectivity index (χ4v) is 9.62. The third-order valence-corrected chi connectivity index (χ3v) is 15.4. The van der Waals surface area contributed by atoms with Crippen molar-refractivity contribution in [3.8, 4) is 34.5 Å². The summed E-state index contributed by atoms with van der Waals surface area (Å²) >= 11 is 0. The van der Waals surface area contributed by atoms with Crippen molar-refractivity contribution in [2.24, 2.45) is 0 Å². The van der Waals surface area contributed by atoms with E-state index in [0.717, 1.165) is 63.5 Å². The SMILES string of the molecule is COc1cccc(CCc2ccccc2OCC(CCN(C)C)OC(=O)C(F)(F)CC(=O)O)c1.COc1cccc(CCc2ccccc2OCC(CCN(C)C)OC(=O)C(F)C(F)(F)C(=O)O)c1.COc1cccc(CCc2ccccc2OCC(CCN(C)C)OC(=O)CC(F)(F)C(=O)O)c1. The van der Waals surface area contributed by atoms with E-state index in [9.17, 15) is 59.5 Å². The van der Waals surface area contributed by atoms with E-state index in [-0.39, 0.29) is 32.7 Å². The first-order valence-electron chi connectivity index (χ1n) is 32.8. The van der Waals surface area contributed by atoms with Crippen LogP contribution >= 0.6 is 0 Å². The van der Waals surface area contributed by atoms with E-state index in [1.54, 1.807) is 84.8 Å². The van der Waals surface area contributed by atoms with Crippen LogP contribution in [0.4, 0.5) is 30.7 Å². The van der Waals surface area contributed by atoms with Crippen LogP contribution in [-0.2, 0) is 81.5 Å². The van der Waals surface area contributed by atoms with Crippen molar-refractivity contribution < 1.29 is 117 Å². The van der Waals surface area contributed by atoms with Crippen LogP contribution < -0.4 is 28.4 Å². The fourth-order valence-electron chi connectivity index (χ4n) is 9.62. The van der Waals surface area contributed by atoms with Crippen molar-refractivity contribution in [1.29, 1.82) is 0 Å². The van der Waals surface area contributed by atoms with Gasteiger partial charge in [0.2, 0.25) is 0 Å². The molecule has 21 nitrogen and oxygen atoms in total. The van der Waals surface area contributed by atoms with Gasteiger partial charge in [-0.2, -0.15) is 26.3 Å². The summed E-state index contributed by atoms with van der Waals surface area (Å²) in [5.41, 5.74) is 5.98. The molecule has 0 fully saturated rings. The molecule has 0 aliphatic rings. The average molecular weight is 1460 g/mol. The Kier molecular flexibility index (Phi) is 36.1. The molecule has 0 saturated heterocycles. The molecule has 0 bridgehead atoms. The molecule has 0 spiro atoms. The summed E-state index contributed by atoms with van der Waals surface area (Å²) in [6, 6.07) is 45.2. The van der Waals surface area contributed by atoms with Crippen LogP contribution in [-0.4, -0.2) is 211 Å². The maximum Gasteiger partial charge on any atom is 0.383 e. The lowest BCUT2D eigenvalue weighted by Gasteiger charge is -2.23. The zero-order chi connectivity index (χ0) is 76.3. The number of halogens is 7. The van der Waals surface area contributed by atoms with Gasteiger partial charge in [0, 0.05) is 38.9 Å². The highest BCUT2D eigenvalue weighted by molar-refractivity contribution is 5.87. The molecule has 0 amide bonds. The number of nitrogens with zero attached hydrogens (tertiary/aromatic N) is 3. The van der Waals surface area contributed by atoms with Gasteiger partial charge in [-0.1, -0.05) is 91.0 Å². The van der Waals surface area contributed by atoms with Crippen LogP contribution in [0.3, 0.4) is 0 Å². The summed E-state index contributed by atoms with van der Waals surface area (Å²) in [6.07, 6.45) is -4.72. The molecule has 3 N–H and O–H groups in total. The number of hydrogen-bond donors (Lipinski definition) is 3. The first-order valence-corrected chi connectivity index (χ1v) is 32.8. The fraction of sp³-hybridized carbons (Fsp3) is 0.440. The number of carbonyl (C=O) groups excluding carboxylic acids is 3. The number of benzene rings is 6. The molecule has 0 aliphatic carbocycles. The molecule has 0 radical (unpaired) electrons. The van der Waals surface area contributed by atoms with Crippen molar-refractivity contribution in [1.82, 2.24) is 14.7 Å². The topological polar surface area (TPSA) is 256 Å². The van der Waals surface area contributed by atoms with E-state index in [0.29, 0.717) is 69.0 Å². The first kappa shape index (κ1) is 85.7. The third-order valence-electron chi connectivity index (χ3n) is 15.4. The highest BCUT2D eigenvalue weighted by Crippen LogP contribution is 2.29. The maximum atomic E-state index is 13.9. The smallest absolute Gasteiger partial charge is 0.383 e. The largest absolute Gasteiger partial charge is 0.497 e. The standard InChI is InChI=1S/C25H30F3NO6.2C25H31F2NO6/c1-29(2)14-13-20(35-23(30)22(26)25(27,28)24(31)32)16-34-21-10-5-4-8-18(21)12-11-17-7-6-9-19(15-17)33-3;1-28(2)14-13-21(34-23(29)16-25(26,27)24(30)31)17-33-22-10-5-4-8-19(22)12-11-18-7-6-9-20(15-18)32-3;1-28(2)14-13-21(34-24(31)25(26,27)16-23(29)30)17-33-22-10-5-4-8-19(22)12-11-18-7-6-9-20(15-18)32-3/h4-10,15,20,22H,11-14,16H2,1-3H3,(H,31,32);4-10,15,21H,11-14,16-17H2,1-3H3,(H,30,31);4-10,15,21H,11-14,16-17H2,1-3H3,(H,29,30). The van der Waals surface area contributed by atoms with E-state index in [1.165, 1.54) is 0 Å². The predicted molar refractivity (Wildman–Crippen MR) is 368 cm³/mol. The van der Waals surface area contributed by atoms with Gasteiger partial charge in [0.15, 0.2) is 0 Å². The molecule has 0 aliphatic heterocycles. The van der Waals surface area contributed by atoms with Gasteiger partial charge in [0.05, 0.1) is 21.3 Å². The molecule has 6 rings (SSSR count). The van der Waals surface area contributed by atoms with Gasteiger partial charge >= 0.3 is 53.6 Å². The number of carboxylic acid groups (broad SMARTS) is 3. The van der Waals surface area contributed by atoms with Gasteiger partial charge < -0.3 is 72.7 Å². The molecule has 4 unspecified atom stereocenters. The van der Waals surface area contributed by atoms with Gasteiger partial charge in [0.25, 0.3) is 6.17 Å². The van der Waals surface area contributed by atoms with E-state index in [2.05, 4.69) is 0 Å². The second-order valence-corrected chi connectivity index (χ2v) is 24.5. The molecular formula is C75H92F7N3O18. The quantitative estimate of drug-likeness (QED) is 0.0183. The van der Waals surface area contributed by atoms with Gasteiger partial charge in [-0.25, -0.2) is 23.6 Å². The zero-order valence-corrected chi connectivity index (χ0v) is 59.1. The number of aliphatic carboxylic acids is 3. The molecule has 0 heterocycles. The lowest BCUT2D eigenvalue weighted by atomic mass is 10.0. The number of esters is 3. The predicted octanol–water partition coefficient (Wildman–Crippen LogP) is 11.4. The van der Waals surface area contributed by atoms with Crippen LogP contribution in [0, 0.1) is 0 Å². The molecule has 6 aromatic carbocycles. The number of para-hydroxylation sites is 3. The van der Waals surface area contributed by atoms with E-state index in [1.807, 2.05) is 139 Å². The highest BCUT2D eigenvalue weighted by Gasteiger charge is 2.54. The monoisotopic (exact) mass is 1460 g/mol. The Morgan fingerprint density at radius 1 is 0.417 bits per heavy atom. The summed E-state index contributed by atoms with van der Waals surface area (Å²) < 4.78 is 144. The third kappa shape index (κ3) is 31.6. The first-order chi connectivity index (χ1) is 48.7. The van der Waals surface area contributed by atoms with E-state index in [4.69, 9.17) is 58.0 Å². The Balaban J connectivity index is 0.000000327. The summed E-state index contributed by atoms with van der Waals surface area (Å²) in [7, 11) is 15.6. The van der Waals surface area contributed by atoms with Crippen molar-refractivity contribution in [2.45, 2.75) is 113 Å². The van der Waals surface area contributed by atoms with Crippen LogP contribution in [0.1, 0.15) is 65.5 Å². The number of rotatable bonds is 42. The number of carboxylic acids is 3. The van der Waals surface area contributed by atoms with Crippen molar-refractivity contribution in [2.75, 3.05) is 103 Å². The molecule has 4 atom stereocenters. The summed E-state index contributed by atoms with van der Waals surface area (Å²) in [5, 5.41) is 25.7. The molecule has 0 aromatic heterocycles. The minimum atomic E-state index is -4.89. The van der Waals surface area contributed by atoms with Crippen LogP contribution in [0.15, 0.2) is 146 Å². The number of carbonyl (C=O) groups is 6. The minimum Gasteiger partial charge on any atom is -0.497 e. The molecule has 0 saturated carbocycles. The molecule has 103 heavy (non-hydrogen) atoms. The van der Waals surface area contributed by atoms with Gasteiger partial charge in [-0.15, -0.1) is 0 Å². The van der Waals surface area contributed by atoms with Crippen molar-refractivity contribution >= 4 is 35.8 Å². The molecule has 564 valence electrons. The lowest BCUT2D eigenvalue weighted by molar-refractivity contribution is -0.189. The van der Waals surface area contributed by atoms with Crippen LogP contribution in [0.2, 0.25) is 0 Å². The highest BCUT2D eigenvalue weighted by atomic mass is 19.3. The summed E-state index contributed by atoms with van der Waals surface area (Å²) in [4.78, 5) is 73.1. The maximum absolute atomic E-state index is 13.9. The molecular weight excluding hydrogens is 1360 g/mol. The van der Waals surface area contributed by atoms with Gasteiger partial charge in [0.1, 0.15) is 85.5 Å². The number of ether oxygens (including phenoxy) is 9. The number of methoxy groups -OCH3 is 3. The second-order valence-electron chi connectivity index (χ2n) is 24.5. The van der Waals surface area contributed by atoms with Gasteiger partial charge in [-0.3, -0.25) is 9.59 Å². The van der Waals surface area contributed by atoms with Crippen LogP contribution in [0.5, 0.6) is 34.5 Å². The van der Waals surface area contributed by atoms with E-state index >= 15 is 0 Å². The Labute approximate surface area is 595 Å². The Hall–Kier alpha value is -9.67.